The number of ether oxygens (including phenoxy) is 2. The maximum Gasteiger partial charge on any atom is 0.311 e. The van der Waals surface area contributed by atoms with Crippen molar-refractivity contribution in [3.05, 3.63) is 47.5 Å². The van der Waals surface area contributed by atoms with E-state index in [1.807, 2.05) is 36.6 Å². The molecule has 25 heavy (non-hydrogen) atoms. The average Bonchev–Trinajstić information content (AvgIpc) is 3.10. The third-order valence-corrected chi connectivity index (χ3v) is 5.09. The van der Waals surface area contributed by atoms with Crippen molar-refractivity contribution in [1.29, 1.82) is 0 Å². The van der Waals surface area contributed by atoms with E-state index in [9.17, 15) is 4.79 Å². The number of carbonyl (C=O) groups is 1. The fourth-order valence-corrected chi connectivity index (χ4v) is 3.62. The topological polar surface area (TPSA) is 48.4 Å². The smallest absolute Gasteiger partial charge is 0.311 e. The number of carbonyl (C=O) groups excluding carboxylic acids is 1. The van der Waals surface area contributed by atoms with Crippen molar-refractivity contribution >= 4 is 17.3 Å². The van der Waals surface area contributed by atoms with Crippen LogP contribution in [0.5, 0.6) is 5.75 Å². The Labute approximate surface area is 152 Å². The van der Waals surface area contributed by atoms with Gasteiger partial charge in [-0.15, -0.1) is 11.3 Å². The van der Waals surface area contributed by atoms with Gasteiger partial charge in [-0.2, -0.15) is 0 Å². The summed E-state index contributed by atoms with van der Waals surface area (Å²) in [4.78, 5) is 16.6. The standard InChI is InChI=1S/C20H23NO3S/c1-2-23-18-10-8-16(9-11-18)20-21-17(14-25-20)12-19(22)24-13-15-6-4-3-5-7-15/h3-4,8-11,14-15H,2,5-7,12-13H2,1H3. The van der Waals surface area contributed by atoms with Crippen LogP contribution in [0.15, 0.2) is 41.8 Å². The van der Waals surface area contributed by atoms with Crippen LogP contribution in [-0.2, 0) is 16.0 Å². The van der Waals surface area contributed by atoms with Gasteiger partial charge in [0, 0.05) is 10.9 Å². The van der Waals surface area contributed by atoms with Crippen LogP contribution in [0.1, 0.15) is 31.9 Å². The molecule has 0 saturated carbocycles. The number of hydrogen-bond acceptors (Lipinski definition) is 5. The van der Waals surface area contributed by atoms with Gasteiger partial charge in [0.25, 0.3) is 0 Å². The Morgan fingerprint density at radius 1 is 1.28 bits per heavy atom. The molecule has 3 rings (SSSR count). The van der Waals surface area contributed by atoms with Crippen molar-refractivity contribution in [2.24, 2.45) is 5.92 Å². The zero-order valence-electron chi connectivity index (χ0n) is 14.4. The van der Waals surface area contributed by atoms with Crippen LogP contribution in [-0.4, -0.2) is 24.2 Å². The van der Waals surface area contributed by atoms with Gasteiger partial charge in [-0.3, -0.25) is 4.79 Å². The van der Waals surface area contributed by atoms with Gasteiger partial charge < -0.3 is 9.47 Å². The van der Waals surface area contributed by atoms with Crippen LogP contribution in [0.4, 0.5) is 0 Å². The monoisotopic (exact) mass is 357 g/mol. The zero-order valence-corrected chi connectivity index (χ0v) is 15.3. The molecule has 0 fully saturated rings. The minimum Gasteiger partial charge on any atom is -0.494 e. The summed E-state index contributed by atoms with van der Waals surface area (Å²) in [5, 5.41) is 2.83. The lowest BCUT2D eigenvalue weighted by atomic mass is 9.95. The second-order valence-electron chi connectivity index (χ2n) is 6.11. The molecule has 2 aromatic rings. The molecule has 0 amide bonds. The predicted molar refractivity (Wildman–Crippen MR) is 99.9 cm³/mol. The summed E-state index contributed by atoms with van der Waals surface area (Å²) < 4.78 is 10.9. The normalized spacial score (nSPS) is 16.6. The second kappa shape index (κ2) is 8.81. The van der Waals surface area contributed by atoms with Gasteiger partial charge in [0.05, 0.1) is 25.3 Å². The fourth-order valence-electron chi connectivity index (χ4n) is 2.80. The Morgan fingerprint density at radius 3 is 2.84 bits per heavy atom. The molecule has 1 aliphatic carbocycles. The Balaban J connectivity index is 1.52. The maximum atomic E-state index is 12.0. The number of rotatable bonds is 7. The van der Waals surface area contributed by atoms with Crippen molar-refractivity contribution in [2.45, 2.75) is 32.6 Å². The van der Waals surface area contributed by atoms with Gasteiger partial charge in [-0.25, -0.2) is 4.98 Å². The van der Waals surface area contributed by atoms with Crippen LogP contribution in [0.3, 0.4) is 0 Å². The highest BCUT2D eigenvalue weighted by Crippen LogP contribution is 2.26. The van der Waals surface area contributed by atoms with Crippen molar-refractivity contribution in [3.63, 3.8) is 0 Å². The number of benzene rings is 1. The third-order valence-electron chi connectivity index (χ3n) is 4.15. The fraction of sp³-hybridized carbons (Fsp3) is 0.400. The Kier molecular flexibility index (Phi) is 6.23. The summed E-state index contributed by atoms with van der Waals surface area (Å²) in [6, 6.07) is 7.85. The molecule has 1 atom stereocenters. The van der Waals surface area contributed by atoms with E-state index in [1.165, 1.54) is 0 Å². The number of aromatic nitrogens is 1. The van der Waals surface area contributed by atoms with Crippen molar-refractivity contribution in [3.8, 4) is 16.3 Å². The van der Waals surface area contributed by atoms with Crippen molar-refractivity contribution in [2.75, 3.05) is 13.2 Å². The average molecular weight is 357 g/mol. The quantitative estimate of drug-likeness (QED) is 0.534. The molecule has 0 N–H and O–H groups in total. The predicted octanol–water partition coefficient (Wildman–Crippen LogP) is 4.65. The van der Waals surface area contributed by atoms with Gasteiger partial charge >= 0.3 is 5.97 Å². The Morgan fingerprint density at radius 2 is 2.12 bits per heavy atom. The largest absolute Gasteiger partial charge is 0.494 e. The number of allylic oxidation sites excluding steroid dienone is 2. The summed E-state index contributed by atoms with van der Waals surface area (Å²) in [5.74, 6) is 1.12. The lowest BCUT2D eigenvalue weighted by molar-refractivity contribution is -0.144. The summed E-state index contributed by atoms with van der Waals surface area (Å²) in [5.41, 5.74) is 1.80. The molecule has 0 aliphatic heterocycles. The molecule has 0 saturated heterocycles. The van der Waals surface area contributed by atoms with Crippen LogP contribution in [0, 0.1) is 5.92 Å². The van der Waals surface area contributed by atoms with Crippen LogP contribution >= 0.6 is 11.3 Å². The highest BCUT2D eigenvalue weighted by molar-refractivity contribution is 7.13. The van der Waals surface area contributed by atoms with Gasteiger partial charge in [0.1, 0.15) is 10.8 Å². The molecule has 1 unspecified atom stereocenters. The molecule has 1 aromatic heterocycles. The molecular weight excluding hydrogens is 334 g/mol. The van der Waals surface area contributed by atoms with E-state index in [4.69, 9.17) is 9.47 Å². The number of hydrogen-bond donors (Lipinski definition) is 0. The molecule has 0 spiro atoms. The SMILES string of the molecule is CCOc1ccc(-c2nc(CC(=O)OCC3CC=CCC3)cs2)cc1. The third kappa shape index (κ3) is 5.16. The van der Waals surface area contributed by atoms with Gasteiger partial charge in [0.15, 0.2) is 0 Å². The van der Waals surface area contributed by atoms with E-state index in [0.29, 0.717) is 19.1 Å². The van der Waals surface area contributed by atoms with E-state index in [0.717, 1.165) is 41.3 Å². The van der Waals surface area contributed by atoms with Crippen molar-refractivity contribution in [1.82, 2.24) is 4.98 Å². The molecule has 0 bridgehead atoms. The number of nitrogens with zero attached hydrogens (tertiary/aromatic N) is 1. The molecular formula is C20H23NO3S. The van der Waals surface area contributed by atoms with E-state index >= 15 is 0 Å². The minimum atomic E-state index is -0.196. The summed E-state index contributed by atoms with van der Waals surface area (Å²) in [6.45, 7) is 3.13. The zero-order chi connectivity index (χ0) is 17.5. The lowest BCUT2D eigenvalue weighted by Crippen LogP contribution is -2.16. The van der Waals surface area contributed by atoms with E-state index < -0.39 is 0 Å². The highest BCUT2D eigenvalue weighted by Gasteiger charge is 2.14. The second-order valence-corrected chi connectivity index (χ2v) is 6.97. The summed E-state index contributed by atoms with van der Waals surface area (Å²) in [7, 11) is 0. The van der Waals surface area contributed by atoms with Crippen LogP contribution in [0.25, 0.3) is 10.6 Å². The maximum absolute atomic E-state index is 12.0. The molecule has 132 valence electrons. The number of thiazole rings is 1. The molecule has 4 nitrogen and oxygen atoms in total. The Bertz CT molecular complexity index is 721. The summed E-state index contributed by atoms with van der Waals surface area (Å²) in [6.07, 6.45) is 7.78. The highest BCUT2D eigenvalue weighted by atomic mass is 32.1. The first-order valence-corrected chi connectivity index (χ1v) is 9.61. The first kappa shape index (κ1) is 17.7. The van der Waals surface area contributed by atoms with E-state index in [-0.39, 0.29) is 12.4 Å². The lowest BCUT2D eigenvalue weighted by Gasteiger charge is -2.17. The Hall–Kier alpha value is -2.14. The van der Waals surface area contributed by atoms with Crippen molar-refractivity contribution < 1.29 is 14.3 Å². The molecule has 5 heteroatoms. The van der Waals surface area contributed by atoms with E-state index in [1.54, 1.807) is 11.3 Å². The summed E-state index contributed by atoms with van der Waals surface area (Å²) >= 11 is 1.54. The van der Waals surface area contributed by atoms with Gasteiger partial charge in [0.2, 0.25) is 0 Å². The molecule has 1 aliphatic rings. The van der Waals surface area contributed by atoms with Crippen LogP contribution in [0.2, 0.25) is 0 Å². The van der Waals surface area contributed by atoms with Gasteiger partial charge in [-0.1, -0.05) is 12.2 Å². The number of esters is 1. The minimum absolute atomic E-state index is 0.196. The van der Waals surface area contributed by atoms with Gasteiger partial charge in [-0.05, 0) is 56.4 Å². The van der Waals surface area contributed by atoms with E-state index in [2.05, 4.69) is 17.1 Å². The molecule has 0 radical (unpaired) electrons. The first-order valence-electron chi connectivity index (χ1n) is 8.73. The molecule has 1 aromatic carbocycles. The first-order chi connectivity index (χ1) is 12.2. The van der Waals surface area contributed by atoms with Crippen LogP contribution < -0.4 is 4.74 Å². The molecule has 1 heterocycles.